The Kier molecular flexibility index (Phi) is 8.32. The predicted molar refractivity (Wildman–Crippen MR) is 129 cm³/mol. The average molecular weight is 437 g/mol. The van der Waals surface area contributed by atoms with Gasteiger partial charge in [0.2, 0.25) is 5.91 Å². The molecule has 0 aromatic heterocycles. The smallest absolute Gasteiger partial charge is 0.257 e. The molecule has 5 heteroatoms. The number of aryl methyl sites for hydroxylation is 1. The van der Waals surface area contributed by atoms with Crippen LogP contribution in [0.25, 0.3) is 0 Å². The van der Waals surface area contributed by atoms with Gasteiger partial charge in [-0.1, -0.05) is 63.4 Å². The van der Waals surface area contributed by atoms with Crippen molar-refractivity contribution in [1.29, 1.82) is 0 Å². The largest absolute Gasteiger partial charge is 0.496 e. The van der Waals surface area contributed by atoms with Crippen LogP contribution >= 0.6 is 0 Å². The molecular formula is C27H36N2O3. The molecule has 1 aliphatic rings. The van der Waals surface area contributed by atoms with Crippen LogP contribution in [0.2, 0.25) is 0 Å². The van der Waals surface area contributed by atoms with Crippen LogP contribution < -0.4 is 9.64 Å². The van der Waals surface area contributed by atoms with Crippen LogP contribution in [-0.4, -0.2) is 36.9 Å². The molecular weight excluding hydrogens is 400 g/mol. The molecule has 0 N–H and O–H groups in total. The second-order valence-corrected chi connectivity index (χ2v) is 8.92. The molecule has 172 valence electrons. The van der Waals surface area contributed by atoms with Crippen molar-refractivity contribution in [3.63, 3.8) is 0 Å². The summed E-state index contributed by atoms with van der Waals surface area (Å²) in [5, 5.41) is 0. The maximum absolute atomic E-state index is 13.6. The lowest BCUT2D eigenvalue weighted by Gasteiger charge is -2.30. The highest BCUT2D eigenvalue weighted by molar-refractivity contribution is 5.98. The van der Waals surface area contributed by atoms with Crippen molar-refractivity contribution < 1.29 is 14.3 Å². The van der Waals surface area contributed by atoms with Crippen molar-refractivity contribution in [1.82, 2.24) is 4.90 Å². The van der Waals surface area contributed by atoms with Crippen LogP contribution in [-0.2, 0) is 11.3 Å². The summed E-state index contributed by atoms with van der Waals surface area (Å²) in [6.07, 6.45) is 5.24. The molecule has 0 spiro atoms. The molecule has 0 fully saturated rings. The zero-order chi connectivity index (χ0) is 23.1. The number of para-hydroxylation sites is 2. The Labute approximate surface area is 192 Å². The van der Waals surface area contributed by atoms with E-state index in [2.05, 4.69) is 0 Å². The first-order valence-corrected chi connectivity index (χ1v) is 11.8. The third kappa shape index (κ3) is 5.50. The van der Waals surface area contributed by atoms with Gasteiger partial charge in [0.15, 0.2) is 0 Å². The van der Waals surface area contributed by atoms with E-state index >= 15 is 0 Å². The normalized spacial score (nSPS) is 15.5. The third-order valence-corrected chi connectivity index (χ3v) is 6.15. The minimum atomic E-state index is -0.0785. The topological polar surface area (TPSA) is 49.9 Å². The number of benzene rings is 2. The highest BCUT2D eigenvalue weighted by Crippen LogP contribution is 2.29. The molecule has 0 bridgehead atoms. The monoisotopic (exact) mass is 436 g/mol. The van der Waals surface area contributed by atoms with E-state index in [9.17, 15) is 9.59 Å². The van der Waals surface area contributed by atoms with E-state index in [1.165, 1.54) is 0 Å². The Morgan fingerprint density at radius 1 is 0.906 bits per heavy atom. The van der Waals surface area contributed by atoms with Gasteiger partial charge in [-0.05, 0) is 43.0 Å². The van der Waals surface area contributed by atoms with Gasteiger partial charge in [-0.15, -0.1) is 0 Å². The Bertz CT molecular complexity index is 938. The number of methoxy groups -OCH3 is 1. The lowest BCUT2D eigenvalue weighted by molar-refractivity contribution is -0.121. The number of fused-ring (bicyclic) bond motifs is 1. The fourth-order valence-electron chi connectivity index (χ4n) is 4.39. The summed E-state index contributed by atoms with van der Waals surface area (Å²) in [5.74, 6) is 0.658. The number of nitrogens with zero attached hydrogens (tertiary/aromatic N) is 2. The second-order valence-electron chi connectivity index (χ2n) is 8.92. The van der Waals surface area contributed by atoms with E-state index in [-0.39, 0.29) is 17.7 Å². The molecule has 1 heterocycles. The molecule has 2 aromatic carbocycles. The SMILES string of the molecule is COc1c(C)cccc1C(=O)N1CCCCCCCN(C(=O)C(C)C)c2ccccc2C1. The molecule has 0 atom stereocenters. The molecule has 1 aliphatic heterocycles. The van der Waals surface area contributed by atoms with E-state index in [0.29, 0.717) is 30.9 Å². The number of rotatable bonds is 3. The van der Waals surface area contributed by atoms with Crippen LogP contribution in [0.5, 0.6) is 5.75 Å². The van der Waals surface area contributed by atoms with E-state index in [1.807, 2.05) is 73.0 Å². The van der Waals surface area contributed by atoms with Gasteiger partial charge in [0.05, 0.1) is 12.7 Å². The number of carbonyl (C=O) groups excluding carboxylic acids is 2. The molecule has 3 rings (SSSR count). The van der Waals surface area contributed by atoms with Gasteiger partial charge >= 0.3 is 0 Å². The number of ether oxygens (including phenoxy) is 1. The molecule has 2 amide bonds. The van der Waals surface area contributed by atoms with E-state index < -0.39 is 0 Å². The summed E-state index contributed by atoms with van der Waals surface area (Å²) >= 11 is 0. The Morgan fingerprint density at radius 3 is 2.31 bits per heavy atom. The minimum absolute atomic E-state index is 0.0286. The lowest BCUT2D eigenvalue weighted by atomic mass is 10.0. The Balaban J connectivity index is 2.00. The summed E-state index contributed by atoms with van der Waals surface area (Å²) < 4.78 is 5.57. The Hall–Kier alpha value is -2.82. The number of carbonyl (C=O) groups is 2. The zero-order valence-corrected chi connectivity index (χ0v) is 19.9. The number of hydrogen-bond donors (Lipinski definition) is 0. The molecule has 5 nitrogen and oxygen atoms in total. The summed E-state index contributed by atoms with van der Waals surface area (Å²) in [7, 11) is 1.61. The molecule has 0 aliphatic carbocycles. The third-order valence-electron chi connectivity index (χ3n) is 6.15. The van der Waals surface area contributed by atoms with Gasteiger partial charge in [-0.2, -0.15) is 0 Å². The van der Waals surface area contributed by atoms with Gasteiger partial charge in [0, 0.05) is 31.2 Å². The maximum Gasteiger partial charge on any atom is 0.257 e. The summed E-state index contributed by atoms with van der Waals surface area (Å²) in [6, 6.07) is 13.7. The van der Waals surface area contributed by atoms with Gasteiger partial charge in [-0.25, -0.2) is 0 Å². The fraction of sp³-hybridized carbons (Fsp3) is 0.481. The van der Waals surface area contributed by atoms with Crippen molar-refractivity contribution in [2.75, 3.05) is 25.1 Å². The van der Waals surface area contributed by atoms with Crippen LogP contribution in [0.3, 0.4) is 0 Å². The molecule has 2 aromatic rings. The van der Waals surface area contributed by atoms with Crippen LogP contribution in [0.4, 0.5) is 5.69 Å². The lowest BCUT2D eigenvalue weighted by Crippen LogP contribution is -2.37. The maximum atomic E-state index is 13.6. The summed E-state index contributed by atoms with van der Waals surface area (Å²) in [4.78, 5) is 30.6. The van der Waals surface area contributed by atoms with E-state index in [4.69, 9.17) is 4.74 Å². The standard InChI is InChI=1S/C27H36N2O3/c1-20(2)26(30)29-18-11-7-5-6-10-17-28(19-22-14-8-9-16-24(22)29)27(31)23-15-12-13-21(3)25(23)32-4/h8-9,12-16,20H,5-7,10-11,17-19H2,1-4H3. The molecule has 32 heavy (non-hydrogen) atoms. The minimum Gasteiger partial charge on any atom is -0.496 e. The van der Waals surface area contributed by atoms with Crippen LogP contribution in [0, 0.1) is 12.8 Å². The fourth-order valence-corrected chi connectivity index (χ4v) is 4.39. The average Bonchev–Trinajstić information content (AvgIpc) is 2.78. The first-order chi connectivity index (χ1) is 15.4. The quantitative estimate of drug-likeness (QED) is 0.629. The first kappa shape index (κ1) is 23.8. The van der Waals surface area contributed by atoms with Gasteiger partial charge in [0.25, 0.3) is 5.91 Å². The highest BCUT2D eigenvalue weighted by atomic mass is 16.5. The number of anilines is 1. The molecule has 0 saturated carbocycles. The summed E-state index contributed by atoms with van der Waals surface area (Å²) in [6.45, 7) is 7.71. The Morgan fingerprint density at radius 2 is 1.59 bits per heavy atom. The molecule has 0 unspecified atom stereocenters. The van der Waals surface area contributed by atoms with Gasteiger partial charge in [-0.3, -0.25) is 9.59 Å². The van der Waals surface area contributed by atoms with Crippen molar-refractivity contribution in [3.05, 3.63) is 59.2 Å². The van der Waals surface area contributed by atoms with Crippen molar-refractivity contribution >= 4 is 17.5 Å². The van der Waals surface area contributed by atoms with Crippen molar-refractivity contribution in [3.8, 4) is 5.75 Å². The molecule has 0 radical (unpaired) electrons. The van der Waals surface area contributed by atoms with E-state index in [0.717, 1.165) is 48.9 Å². The number of hydrogen-bond acceptors (Lipinski definition) is 3. The second kappa shape index (κ2) is 11.2. The number of amides is 2. The van der Waals surface area contributed by atoms with Gasteiger partial charge < -0.3 is 14.5 Å². The van der Waals surface area contributed by atoms with E-state index in [1.54, 1.807) is 7.11 Å². The summed E-state index contributed by atoms with van der Waals surface area (Å²) in [5.41, 5.74) is 3.46. The van der Waals surface area contributed by atoms with Crippen LogP contribution in [0.15, 0.2) is 42.5 Å². The van der Waals surface area contributed by atoms with Crippen LogP contribution in [0.1, 0.15) is 67.4 Å². The van der Waals surface area contributed by atoms with Crippen molar-refractivity contribution in [2.24, 2.45) is 5.92 Å². The van der Waals surface area contributed by atoms with Gasteiger partial charge in [0.1, 0.15) is 5.75 Å². The van der Waals surface area contributed by atoms with Crippen molar-refractivity contribution in [2.45, 2.75) is 59.4 Å². The predicted octanol–water partition coefficient (Wildman–Crippen LogP) is 5.60. The first-order valence-electron chi connectivity index (χ1n) is 11.8. The molecule has 0 saturated heterocycles. The highest BCUT2D eigenvalue weighted by Gasteiger charge is 2.25. The zero-order valence-electron chi connectivity index (χ0n) is 19.9.